The summed E-state index contributed by atoms with van der Waals surface area (Å²) < 4.78 is 19.2. The molecular formula is C25H34FN3O3S. The summed E-state index contributed by atoms with van der Waals surface area (Å²) in [4.78, 5) is 29.5. The fourth-order valence-electron chi connectivity index (χ4n) is 4.07. The van der Waals surface area contributed by atoms with Gasteiger partial charge in [-0.25, -0.2) is 9.37 Å². The van der Waals surface area contributed by atoms with Crippen molar-refractivity contribution in [2.45, 2.75) is 89.8 Å². The number of nitrogens with zero attached hydrogens (tertiary/aromatic N) is 1. The lowest BCUT2D eigenvalue weighted by Gasteiger charge is -2.32. The average molecular weight is 476 g/mol. The van der Waals surface area contributed by atoms with Crippen LogP contribution in [-0.4, -0.2) is 28.9 Å². The predicted octanol–water partition coefficient (Wildman–Crippen LogP) is 5.38. The molecule has 0 spiro atoms. The zero-order valence-corrected chi connectivity index (χ0v) is 20.1. The molecular weight excluding hydrogens is 441 g/mol. The topological polar surface area (TPSA) is 80.3 Å². The second kappa shape index (κ2) is 13.3. The Labute approximate surface area is 199 Å². The minimum Gasteiger partial charge on any atom is -0.483 e. The van der Waals surface area contributed by atoms with Crippen LogP contribution < -0.4 is 15.4 Å². The summed E-state index contributed by atoms with van der Waals surface area (Å²) in [6.45, 7) is 2.27. The number of thiazole rings is 1. The number of hydrogen-bond acceptors (Lipinski definition) is 5. The highest BCUT2D eigenvalue weighted by Crippen LogP contribution is 2.21. The Morgan fingerprint density at radius 3 is 2.58 bits per heavy atom. The Balaban J connectivity index is 1.47. The number of amides is 2. The first-order valence-electron chi connectivity index (χ1n) is 12.0. The summed E-state index contributed by atoms with van der Waals surface area (Å²) in [5.74, 6) is -0.462. The minimum absolute atomic E-state index is 0.0478. The largest absolute Gasteiger partial charge is 0.483 e. The number of nitrogens with one attached hydrogen (secondary N) is 2. The molecule has 0 saturated heterocycles. The summed E-state index contributed by atoms with van der Waals surface area (Å²) in [5.41, 5.74) is 0.318. The Morgan fingerprint density at radius 2 is 1.82 bits per heavy atom. The lowest BCUT2D eigenvalue weighted by atomic mass is 9.90. The molecule has 1 aromatic heterocycles. The SMILES string of the molecule is CCCCCCCC(=O)N[C@H]1CCCC[C@H]1NC(=O)c1csc(COc2ccccc2F)n1. The quantitative estimate of drug-likeness (QED) is 0.404. The zero-order valence-electron chi connectivity index (χ0n) is 19.3. The van der Waals surface area contributed by atoms with Gasteiger partial charge in [-0.05, 0) is 31.4 Å². The predicted molar refractivity (Wildman–Crippen MR) is 128 cm³/mol. The first-order valence-corrected chi connectivity index (χ1v) is 12.9. The van der Waals surface area contributed by atoms with Gasteiger partial charge in [0.25, 0.3) is 5.91 Å². The zero-order chi connectivity index (χ0) is 23.5. The van der Waals surface area contributed by atoms with Gasteiger partial charge in [0.15, 0.2) is 11.6 Å². The first-order chi connectivity index (χ1) is 16.1. The molecule has 2 aromatic rings. The number of hydrogen-bond donors (Lipinski definition) is 2. The standard InChI is InChI=1S/C25H34FN3O3S/c1-2-3-4-5-6-15-23(30)27-19-12-8-9-13-20(19)29-25(31)21-17-33-24(28-21)16-32-22-14-10-7-11-18(22)26/h7,10-11,14,17,19-20H,2-6,8-9,12-13,15-16H2,1H3,(H,27,30)(H,29,31)/t19-,20+/m0/s1. The van der Waals surface area contributed by atoms with E-state index in [1.54, 1.807) is 23.6 Å². The lowest BCUT2D eigenvalue weighted by molar-refractivity contribution is -0.122. The van der Waals surface area contributed by atoms with Gasteiger partial charge in [-0.15, -0.1) is 11.3 Å². The number of unbranched alkanes of at least 4 members (excludes halogenated alkanes) is 4. The van der Waals surface area contributed by atoms with E-state index in [4.69, 9.17) is 4.74 Å². The van der Waals surface area contributed by atoms with Crippen molar-refractivity contribution in [2.24, 2.45) is 0 Å². The van der Waals surface area contributed by atoms with Gasteiger partial charge in [0, 0.05) is 23.9 Å². The molecule has 2 amide bonds. The van der Waals surface area contributed by atoms with Crippen molar-refractivity contribution in [2.75, 3.05) is 0 Å². The molecule has 0 bridgehead atoms. The Hall–Kier alpha value is -2.48. The fourth-order valence-corrected chi connectivity index (χ4v) is 4.75. The van der Waals surface area contributed by atoms with Gasteiger partial charge in [0.05, 0.1) is 0 Å². The maximum absolute atomic E-state index is 13.7. The van der Waals surface area contributed by atoms with E-state index in [1.807, 2.05) is 0 Å². The van der Waals surface area contributed by atoms with E-state index in [0.29, 0.717) is 17.1 Å². The van der Waals surface area contributed by atoms with E-state index in [9.17, 15) is 14.0 Å². The first kappa shape index (κ1) is 25.1. The van der Waals surface area contributed by atoms with Crippen molar-refractivity contribution in [1.29, 1.82) is 0 Å². The molecule has 1 aromatic carbocycles. The van der Waals surface area contributed by atoms with Crippen LogP contribution in [0.1, 0.15) is 86.6 Å². The second-order valence-electron chi connectivity index (χ2n) is 8.55. The van der Waals surface area contributed by atoms with Gasteiger partial charge >= 0.3 is 0 Å². The molecule has 1 aliphatic rings. The molecule has 180 valence electrons. The molecule has 6 nitrogen and oxygen atoms in total. The number of para-hydroxylation sites is 1. The number of halogens is 1. The van der Waals surface area contributed by atoms with Gasteiger partial charge in [-0.3, -0.25) is 9.59 Å². The van der Waals surface area contributed by atoms with Gasteiger partial charge in [0.2, 0.25) is 5.91 Å². The molecule has 33 heavy (non-hydrogen) atoms. The highest BCUT2D eigenvalue weighted by atomic mass is 32.1. The minimum atomic E-state index is -0.432. The van der Waals surface area contributed by atoms with Crippen LogP contribution in [0, 0.1) is 5.82 Å². The van der Waals surface area contributed by atoms with E-state index in [-0.39, 0.29) is 36.3 Å². The molecule has 1 fully saturated rings. The van der Waals surface area contributed by atoms with E-state index in [1.165, 1.54) is 36.7 Å². The number of aromatic nitrogens is 1. The van der Waals surface area contributed by atoms with Crippen LogP contribution in [-0.2, 0) is 11.4 Å². The monoisotopic (exact) mass is 475 g/mol. The van der Waals surface area contributed by atoms with Crippen molar-refractivity contribution in [3.8, 4) is 5.75 Å². The number of carbonyl (C=O) groups is 2. The molecule has 1 heterocycles. The van der Waals surface area contributed by atoms with E-state index in [2.05, 4.69) is 22.5 Å². The van der Waals surface area contributed by atoms with Gasteiger partial charge in [-0.2, -0.15) is 0 Å². The number of carbonyl (C=O) groups excluding carboxylic acids is 2. The summed E-state index contributed by atoms with van der Waals surface area (Å²) in [6, 6.07) is 6.04. The molecule has 1 saturated carbocycles. The summed E-state index contributed by atoms with van der Waals surface area (Å²) in [6.07, 6.45) is 9.87. The molecule has 2 atom stereocenters. The van der Waals surface area contributed by atoms with Crippen LogP contribution in [0.3, 0.4) is 0 Å². The van der Waals surface area contributed by atoms with Crippen LogP contribution in [0.2, 0.25) is 0 Å². The highest BCUT2D eigenvalue weighted by Gasteiger charge is 2.28. The summed E-state index contributed by atoms with van der Waals surface area (Å²) in [7, 11) is 0. The van der Waals surface area contributed by atoms with Crippen molar-refractivity contribution < 1.29 is 18.7 Å². The molecule has 3 rings (SSSR count). The average Bonchev–Trinajstić information content (AvgIpc) is 3.29. The van der Waals surface area contributed by atoms with Crippen molar-refractivity contribution in [3.05, 3.63) is 46.2 Å². The van der Waals surface area contributed by atoms with Crippen LogP contribution in [0.25, 0.3) is 0 Å². The van der Waals surface area contributed by atoms with Crippen molar-refractivity contribution in [3.63, 3.8) is 0 Å². The van der Waals surface area contributed by atoms with Crippen LogP contribution >= 0.6 is 11.3 Å². The van der Waals surface area contributed by atoms with E-state index < -0.39 is 5.82 Å². The van der Waals surface area contributed by atoms with E-state index >= 15 is 0 Å². The number of ether oxygens (including phenoxy) is 1. The molecule has 1 aliphatic carbocycles. The second-order valence-corrected chi connectivity index (χ2v) is 9.49. The molecule has 0 radical (unpaired) electrons. The maximum atomic E-state index is 13.7. The number of rotatable bonds is 12. The van der Waals surface area contributed by atoms with Crippen molar-refractivity contribution in [1.82, 2.24) is 15.6 Å². The fraction of sp³-hybridized carbons (Fsp3) is 0.560. The third-order valence-electron chi connectivity index (χ3n) is 5.91. The smallest absolute Gasteiger partial charge is 0.271 e. The van der Waals surface area contributed by atoms with Crippen molar-refractivity contribution >= 4 is 23.2 Å². The molecule has 0 aliphatic heterocycles. The molecule has 8 heteroatoms. The summed E-state index contributed by atoms with van der Waals surface area (Å²) >= 11 is 1.30. The summed E-state index contributed by atoms with van der Waals surface area (Å²) in [5, 5.41) is 8.48. The lowest BCUT2D eigenvalue weighted by Crippen LogP contribution is -2.53. The van der Waals surface area contributed by atoms with Crippen LogP contribution in [0.15, 0.2) is 29.6 Å². The number of benzene rings is 1. The Bertz CT molecular complexity index is 905. The Morgan fingerprint density at radius 1 is 1.09 bits per heavy atom. The maximum Gasteiger partial charge on any atom is 0.271 e. The van der Waals surface area contributed by atoms with Gasteiger partial charge in [-0.1, -0.05) is 57.6 Å². The Kier molecular flexibility index (Phi) is 10.1. The van der Waals surface area contributed by atoms with E-state index in [0.717, 1.165) is 38.5 Å². The van der Waals surface area contributed by atoms with Crippen LogP contribution in [0.4, 0.5) is 4.39 Å². The molecule has 2 N–H and O–H groups in total. The molecule has 0 unspecified atom stereocenters. The third-order valence-corrected chi connectivity index (χ3v) is 6.73. The third kappa shape index (κ3) is 8.11. The van der Waals surface area contributed by atoms with Crippen LogP contribution in [0.5, 0.6) is 5.75 Å². The van der Waals surface area contributed by atoms with Gasteiger partial charge < -0.3 is 15.4 Å². The normalized spacial score (nSPS) is 18.0. The van der Waals surface area contributed by atoms with Gasteiger partial charge in [0.1, 0.15) is 17.3 Å². The highest BCUT2D eigenvalue weighted by molar-refractivity contribution is 7.09.